The molecule has 13 heavy (non-hydrogen) atoms. The predicted octanol–water partition coefficient (Wildman–Crippen LogP) is 2.39. The van der Waals surface area contributed by atoms with Crippen molar-refractivity contribution < 1.29 is 4.79 Å². The number of hydrogen-bond acceptors (Lipinski definition) is 2. The van der Waals surface area contributed by atoms with Crippen molar-refractivity contribution in [2.75, 3.05) is 5.32 Å². The number of hydrogen-bond donors (Lipinski definition) is 1. The number of anilines is 1. The second-order valence-corrected chi connectivity index (χ2v) is 3.05. The molecule has 1 rings (SSSR count). The highest BCUT2D eigenvalue weighted by molar-refractivity contribution is 6.32. The minimum absolute atomic E-state index is 0.0574. The number of amides is 1. The molecule has 0 spiro atoms. The van der Waals surface area contributed by atoms with Gasteiger partial charge in [0, 0.05) is 12.6 Å². The molecule has 4 heteroatoms. The van der Waals surface area contributed by atoms with Gasteiger partial charge in [0.15, 0.2) is 5.15 Å². The van der Waals surface area contributed by atoms with Gasteiger partial charge in [0.05, 0.1) is 5.69 Å². The number of aryl methyl sites for hydroxylation is 1. The summed E-state index contributed by atoms with van der Waals surface area (Å²) >= 11 is 5.80. The molecule has 0 saturated carbocycles. The van der Waals surface area contributed by atoms with Gasteiger partial charge in [-0.25, -0.2) is 4.98 Å². The average Bonchev–Trinajstić information content (AvgIpc) is 2.11. The summed E-state index contributed by atoms with van der Waals surface area (Å²) < 4.78 is 0. The Bertz CT molecular complexity index is 305. The lowest BCUT2D eigenvalue weighted by Crippen LogP contribution is -2.11. The zero-order valence-electron chi connectivity index (χ0n) is 7.60. The summed E-state index contributed by atoms with van der Waals surface area (Å²) in [5.74, 6) is -0.0574. The molecule has 0 radical (unpaired) electrons. The first-order valence-corrected chi connectivity index (χ1v) is 4.44. The van der Waals surface area contributed by atoms with E-state index in [1.54, 1.807) is 19.2 Å². The van der Waals surface area contributed by atoms with Crippen molar-refractivity contribution in [3.05, 3.63) is 23.0 Å². The summed E-state index contributed by atoms with van der Waals surface area (Å²) in [6, 6.07) is 1.80. The first-order valence-electron chi connectivity index (χ1n) is 4.06. The third kappa shape index (κ3) is 2.42. The van der Waals surface area contributed by atoms with E-state index < -0.39 is 0 Å². The first-order chi connectivity index (χ1) is 6.15. The second kappa shape index (κ2) is 4.23. The van der Waals surface area contributed by atoms with Crippen LogP contribution in [0.1, 0.15) is 18.9 Å². The van der Waals surface area contributed by atoms with Crippen molar-refractivity contribution in [2.45, 2.75) is 20.3 Å². The van der Waals surface area contributed by atoms with E-state index in [-0.39, 0.29) is 5.91 Å². The Kier molecular flexibility index (Phi) is 3.25. The third-order valence-electron chi connectivity index (χ3n) is 1.70. The molecule has 0 aliphatic rings. The molecule has 0 aliphatic heterocycles. The highest BCUT2D eigenvalue weighted by Crippen LogP contribution is 2.22. The van der Waals surface area contributed by atoms with Gasteiger partial charge in [-0.2, -0.15) is 0 Å². The van der Waals surface area contributed by atoms with E-state index >= 15 is 0 Å². The fourth-order valence-corrected chi connectivity index (χ4v) is 1.16. The van der Waals surface area contributed by atoms with Crippen LogP contribution >= 0.6 is 11.6 Å². The van der Waals surface area contributed by atoms with E-state index in [9.17, 15) is 4.79 Å². The maximum Gasteiger partial charge on any atom is 0.224 e. The Labute approximate surface area is 82.1 Å². The second-order valence-electron chi connectivity index (χ2n) is 2.70. The smallest absolute Gasteiger partial charge is 0.224 e. The number of halogens is 1. The number of pyridine rings is 1. The van der Waals surface area contributed by atoms with Crippen LogP contribution in [0, 0.1) is 6.92 Å². The zero-order valence-corrected chi connectivity index (χ0v) is 8.35. The molecule has 1 heterocycles. The maximum atomic E-state index is 11.1. The van der Waals surface area contributed by atoms with E-state index in [0.29, 0.717) is 17.3 Å². The molecule has 1 aromatic heterocycles. The Morgan fingerprint density at radius 2 is 2.38 bits per heavy atom. The molecule has 0 atom stereocenters. The minimum atomic E-state index is -0.0574. The molecule has 0 aliphatic carbocycles. The summed E-state index contributed by atoms with van der Waals surface area (Å²) in [5, 5.41) is 3.03. The van der Waals surface area contributed by atoms with Crippen LogP contribution in [0.25, 0.3) is 0 Å². The van der Waals surface area contributed by atoms with Gasteiger partial charge in [0.2, 0.25) is 5.91 Å². The fraction of sp³-hybridized carbons (Fsp3) is 0.333. The largest absolute Gasteiger partial charge is 0.323 e. The Morgan fingerprint density at radius 3 is 2.92 bits per heavy atom. The Balaban J connectivity index is 2.93. The highest BCUT2D eigenvalue weighted by Gasteiger charge is 2.06. The molecule has 1 amide bonds. The molecule has 0 saturated heterocycles. The minimum Gasteiger partial charge on any atom is -0.323 e. The maximum absolute atomic E-state index is 11.1. The van der Waals surface area contributed by atoms with E-state index in [2.05, 4.69) is 10.3 Å². The normalized spacial score (nSPS) is 9.77. The van der Waals surface area contributed by atoms with Gasteiger partial charge in [-0.15, -0.1) is 0 Å². The van der Waals surface area contributed by atoms with Gasteiger partial charge >= 0.3 is 0 Å². The third-order valence-corrected chi connectivity index (χ3v) is 1.99. The standard InChI is InChI=1S/C9H11ClN2O/c1-3-7(13)12-8-6(2)4-5-11-9(8)10/h4-5H,3H2,1-2H3,(H,12,13). The zero-order chi connectivity index (χ0) is 9.84. The molecule has 0 fully saturated rings. The topological polar surface area (TPSA) is 42.0 Å². The number of aromatic nitrogens is 1. The molecular formula is C9H11ClN2O. The van der Waals surface area contributed by atoms with Gasteiger partial charge in [0.25, 0.3) is 0 Å². The van der Waals surface area contributed by atoms with Gasteiger partial charge in [-0.1, -0.05) is 18.5 Å². The van der Waals surface area contributed by atoms with Crippen LogP contribution in [0.4, 0.5) is 5.69 Å². The molecule has 1 N–H and O–H groups in total. The first kappa shape index (κ1) is 9.99. The van der Waals surface area contributed by atoms with E-state index in [1.807, 2.05) is 6.92 Å². The highest BCUT2D eigenvalue weighted by atomic mass is 35.5. The molecule has 0 bridgehead atoms. The van der Waals surface area contributed by atoms with Gasteiger partial charge in [-0.3, -0.25) is 4.79 Å². The van der Waals surface area contributed by atoms with Crippen LogP contribution in [0.3, 0.4) is 0 Å². The predicted molar refractivity (Wildman–Crippen MR) is 52.9 cm³/mol. The number of carbonyl (C=O) groups excluding carboxylic acids is 1. The fourth-order valence-electron chi connectivity index (χ4n) is 0.903. The van der Waals surface area contributed by atoms with Crippen molar-refractivity contribution in [3.8, 4) is 0 Å². The average molecular weight is 199 g/mol. The molecule has 3 nitrogen and oxygen atoms in total. The van der Waals surface area contributed by atoms with Gasteiger partial charge in [-0.05, 0) is 18.6 Å². The van der Waals surface area contributed by atoms with Crippen LogP contribution in [0.5, 0.6) is 0 Å². The summed E-state index contributed by atoms with van der Waals surface area (Å²) in [7, 11) is 0. The van der Waals surface area contributed by atoms with Crippen molar-refractivity contribution in [2.24, 2.45) is 0 Å². The molecule has 70 valence electrons. The number of nitrogens with zero attached hydrogens (tertiary/aromatic N) is 1. The lowest BCUT2D eigenvalue weighted by molar-refractivity contribution is -0.115. The van der Waals surface area contributed by atoms with Crippen molar-refractivity contribution in [3.63, 3.8) is 0 Å². The van der Waals surface area contributed by atoms with E-state index in [1.165, 1.54) is 0 Å². The van der Waals surface area contributed by atoms with Crippen molar-refractivity contribution in [1.29, 1.82) is 0 Å². The van der Waals surface area contributed by atoms with Crippen LogP contribution in [-0.2, 0) is 4.79 Å². The van der Waals surface area contributed by atoms with Crippen LogP contribution in [0.15, 0.2) is 12.3 Å². The SMILES string of the molecule is CCC(=O)Nc1c(C)ccnc1Cl. The van der Waals surface area contributed by atoms with Crippen molar-refractivity contribution >= 4 is 23.2 Å². The summed E-state index contributed by atoms with van der Waals surface area (Å²) in [4.78, 5) is 15.0. The van der Waals surface area contributed by atoms with Gasteiger partial charge < -0.3 is 5.32 Å². The van der Waals surface area contributed by atoms with E-state index in [4.69, 9.17) is 11.6 Å². The monoisotopic (exact) mass is 198 g/mol. The van der Waals surface area contributed by atoms with Crippen molar-refractivity contribution in [1.82, 2.24) is 4.98 Å². The van der Waals surface area contributed by atoms with Crippen LogP contribution < -0.4 is 5.32 Å². The molecular weight excluding hydrogens is 188 g/mol. The summed E-state index contributed by atoms with van der Waals surface area (Å²) in [6.07, 6.45) is 2.05. The van der Waals surface area contributed by atoms with E-state index in [0.717, 1.165) is 5.56 Å². The number of nitrogens with one attached hydrogen (secondary N) is 1. The molecule has 0 aromatic carbocycles. The van der Waals surface area contributed by atoms with Crippen LogP contribution in [0.2, 0.25) is 5.15 Å². The summed E-state index contributed by atoms with van der Waals surface area (Å²) in [6.45, 7) is 3.66. The summed E-state index contributed by atoms with van der Waals surface area (Å²) in [5.41, 5.74) is 1.53. The lowest BCUT2D eigenvalue weighted by atomic mass is 10.2. The molecule has 0 unspecified atom stereocenters. The molecule has 1 aromatic rings. The number of carbonyl (C=O) groups is 1. The van der Waals surface area contributed by atoms with Crippen LogP contribution in [-0.4, -0.2) is 10.9 Å². The Morgan fingerprint density at radius 1 is 1.69 bits per heavy atom. The van der Waals surface area contributed by atoms with Gasteiger partial charge in [0.1, 0.15) is 0 Å². The number of rotatable bonds is 2. The lowest BCUT2D eigenvalue weighted by Gasteiger charge is -2.07. The Hall–Kier alpha value is -1.09. The quantitative estimate of drug-likeness (QED) is 0.742.